The van der Waals surface area contributed by atoms with Crippen LogP contribution in [0, 0.1) is 12.7 Å². The van der Waals surface area contributed by atoms with Crippen molar-refractivity contribution < 1.29 is 9.13 Å². The van der Waals surface area contributed by atoms with E-state index in [0.29, 0.717) is 18.4 Å². The van der Waals surface area contributed by atoms with Gasteiger partial charge in [0.25, 0.3) is 0 Å². The first-order valence-corrected chi connectivity index (χ1v) is 7.43. The fraction of sp³-hybridized carbons (Fsp3) is 0.333. The number of ether oxygens (including phenoxy) is 1. The predicted octanol–water partition coefficient (Wildman–Crippen LogP) is 4.09. The maximum atomic E-state index is 13.2. The van der Waals surface area contributed by atoms with Crippen molar-refractivity contribution in [3.63, 3.8) is 0 Å². The highest BCUT2D eigenvalue weighted by Gasteiger charge is 2.07. The van der Waals surface area contributed by atoms with Crippen LogP contribution in [0.25, 0.3) is 0 Å². The van der Waals surface area contributed by atoms with Crippen LogP contribution in [0.5, 0.6) is 5.88 Å². The minimum Gasteiger partial charge on any atom is -0.475 e. The third kappa shape index (κ3) is 4.67. The number of halogens is 2. The van der Waals surface area contributed by atoms with E-state index in [0.717, 1.165) is 15.7 Å². The molecule has 2 aromatic rings. The Labute approximate surface area is 131 Å². The summed E-state index contributed by atoms with van der Waals surface area (Å²) in [5.74, 6) is 0.712. The first-order chi connectivity index (χ1) is 9.94. The molecule has 112 valence electrons. The summed E-state index contributed by atoms with van der Waals surface area (Å²) in [5.41, 5.74) is 1.60. The third-order valence-corrected chi connectivity index (χ3v) is 3.41. The Bertz CT molecular complexity index is 634. The third-order valence-electron chi connectivity index (χ3n) is 2.63. The average Bonchev–Trinajstić information content (AvgIpc) is 2.38. The normalized spacial score (nSPS) is 10.8. The maximum Gasteiger partial charge on any atom is 0.226 e. The molecule has 0 radical (unpaired) electrons. The highest BCUT2D eigenvalue weighted by Crippen LogP contribution is 2.19. The molecule has 21 heavy (non-hydrogen) atoms. The van der Waals surface area contributed by atoms with Gasteiger partial charge in [-0.25, -0.2) is 9.37 Å². The molecule has 0 spiro atoms. The molecule has 4 nitrogen and oxygen atoms in total. The Morgan fingerprint density at radius 2 is 2.05 bits per heavy atom. The van der Waals surface area contributed by atoms with Gasteiger partial charge < -0.3 is 10.1 Å². The lowest BCUT2D eigenvalue weighted by molar-refractivity contribution is 0.232. The largest absolute Gasteiger partial charge is 0.475 e. The molecule has 0 aliphatic heterocycles. The molecule has 0 unspecified atom stereocenters. The number of rotatable bonds is 5. The number of anilines is 1. The summed E-state index contributed by atoms with van der Waals surface area (Å²) >= 11 is 3.39. The lowest BCUT2D eigenvalue weighted by Gasteiger charge is -2.12. The number of benzene rings is 1. The van der Waals surface area contributed by atoms with Crippen LogP contribution in [0.2, 0.25) is 0 Å². The van der Waals surface area contributed by atoms with Crippen LogP contribution < -0.4 is 10.1 Å². The number of nitrogens with one attached hydrogen (secondary N) is 1. The van der Waals surface area contributed by atoms with Gasteiger partial charge in [0.1, 0.15) is 5.82 Å². The van der Waals surface area contributed by atoms with E-state index in [-0.39, 0.29) is 11.9 Å². The SMILES string of the molecule is Cc1cc(OC(C)C)nc(NCc2cc(F)ccc2Br)n1. The Kier molecular flexibility index (Phi) is 5.12. The maximum absolute atomic E-state index is 13.2. The van der Waals surface area contributed by atoms with Gasteiger partial charge in [-0.15, -0.1) is 0 Å². The molecule has 6 heteroatoms. The summed E-state index contributed by atoms with van der Waals surface area (Å²) in [4.78, 5) is 8.58. The Morgan fingerprint density at radius 1 is 1.29 bits per heavy atom. The predicted molar refractivity (Wildman–Crippen MR) is 84.0 cm³/mol. The molecule has 0 aliphatic carbocycles. The topological polar surface area (TPSA) is 47.0 Å². The van der Waals surface area contributed by atoms with Crippen molar-refractivity contribution in [2.24, 2.45) is 0 Å². The molecule has 0 atom stereocenters. The van der Waals surface area contributed by atoms with E-state index >= 15 is 0 Å². The Balaban J connectivity index is 2.12. The average molecular weight is 354 g/mol. The summed E-state index contributed by atoms with van der Waals surface area (Å²) < 4.78 is 19.7. The molecular formula is C15H17BrFN3O. The van der Waals surface area contributed by atoms with Gasteiger partial charge in [0.15, 0.2) is 0 Å². The van der Waals surface area contributed by atoms with Crippen molar-refractivity contribution >= 4 is 21.9 Å². The fourth-order valence-corrected chi connectivity index (χ4v) is 2.16. The molecule has 0 bridgehead atoms. The molecule has 0 saturated heterocycles. The van der Waals surface area contributed by atoms with E-state index in [4.69, 9.17) is 4.74 Å². The first kappa shape index (κ1) is 15.7. The number of hydrogen-bond acceptors (Lipinski definition) is 4. The van der Waals surface area contributed by atoms with E-state index in [1.807, 2.05) is 20.8 Å². The van der Waals surface area contributed by atoms with Gasteiger partial charge in [-0.05, 0) is 44.5 Å². The molecule has 0 fully saturated rings. The molecule has 0 aliphatic rings. The zero-order valence-electron chi connectivity index (χ0n) is 12.2. The van der Waals surface area contributed by atoms with Gasteiger partial charge in [0, 0.05) is 22.8 Å². The summed E-state index contributed by atoms with van der Waals surface area (Å²) in [7, 11) is 0. The van der Waals surface area contributed by atoms with Crippen molar-refractivity contribution in [1.29, 1.82) is 0 Å². The second-order valence-electron chi connectivity index (χ2n) is 4.93. The summed E-state index contributed by atoms with van der Waals surface area (Å²) in [6.07, 6.45) is 0.0458. The molecular weight excluding hydrogens is 337 g/mol. The Hall–Kier alpha value is -1.69. The molecule has 1 heterocycles. The number of aryl methyl sites for hydroxylation is 1. The van der Waals surface area contributed by atoms with Crippen molar-refractivity contribution in [3.8, 4) is 5.88 Å². The molecule has 1 aromatic carbocycles. The lowest BCUT2D eigenvalue weighted by atomic mass is 10.2. The summed E-state index contributed by atoms with van der Waals surface area (Å²) in [5, 5.41) is 3.08. The highest BCUT2D eigenvalue weighted by atomic mass is 79.9. The molecule has 0 saturated carbocycles. The summed E-state index contributed by atoms with van der Waals surface area (Å²) in [6.45, 7) is 6.17. The fourth-order valence-electron chi connectivity index (χ4n) is 1.77. The lowest BCUT2D eigenvalue weighted by Crippen LogP contribution is -2.10. The van der Waals surface area contributed by atoms with Crippen molar-refractivity contribution in [2.75, 3.05) is 5.32 Å². The van der Waals surface area contributed by atoms with Gasteiger partial charge in [0.2, 0.25) is 11.8 Å². The van der Waals surface area contributed by atoms with Gasteiger partial charge in [-0.3, -0.25) is 0 Å². The van der Waals surface area contributed by atoms with Crippen LogP contribution >= 0.6 is 15.9 Å². The monoisotopic (exact) mass is 353 g/mol. The highest BCUT2D eigenvalue weighted by molar-refractivity contribution is 9.10. The van der Waals surface area contributed by atoms with E-state index in [1.54, 1.807) is 12.1 Å². The van der Waals surface area contributed by atoms with Crippen molar-refractivity contribution in [3.05, 3.63) is 45.8 Å². The van der Waals surface area contributed by atoms with Crippen molar-refractivity contribution in [1.82, 2.24) is 9.97 Å². The van der Waals surface area contributed by atoms with Gasteiger partial charge >= 0.3 is 0 Å². The smallest absolute Gasteiger partial charge is 0.226 e. The second-order valence-corrected chi connectivity index (χ2v) is 5.78. The van der Waals surface area contributed by atoms with E-state index in [2.05, 4.69) is 31.2 Å². The number of aromatic nitrogens is 2. The van der Waals surface area contributed by atoms with Crippen LogP contribution in [-0.4, -0.2) is 16.1 Å². The van der Waals surface area contributed by atoms with Gasteiger partial charge in [0.05, 0.1) is 6.10 Å². The van der Waals surface area contributed by atoms with Crippen molar-refractivity contribution in [2.45, 2.75) is 33.4 Å². The molecule has 0 amide bonds. The van der Waals surface area contributed by atoms with Crippen LogP contribution in [0.15, 0.2) is 28.7 Å². The van der Waals surface area contributed by atoms with E-state index in [9.17, 15) is 4.39 Å². The number of nitrogens with zero attached hydrogens (tertiary/aromatic N) is 2. The second kappa shape index (κ2) is 6.85. The van der Waals surface area contributed by atoms with E-state index < -0.39 is 0 Å². The van der Waals surface area contributed by atoms with Crippen LogP contribution in [0.4, 0.5) is 10.3 Å². The zero-order chi connectivity index (χ0) is 15.4. The standard InChI is InChI=1S/C15H17BrFN3O/c1-9(2)21-14-6-10(3)19-15(20-14)18-8-11-7-12(17)4-5-13(11)16/h4-7,9H,8H2,1-3H3,(H,18,19,20). The molecule has 1 N–H and O–H groups in total. The van der Waals surface area contributed by atoms with E-state index in [1.165, 1.54) is 12.1 Å². The van der Waals surface area contributed by atoms with Crippen LogP contribution in [-0.2, 0) is 6.54 Å². The number of hydrogen-bond donors (Lipinski definition) is 1. The quantitative estimate of drug-likeness (QED) is 0.879. The van der Waals surface area contributed by atoms with Gasteiger partial charge in [-0.2, -0.15) is 4.98 Å². The minimum atomic E-state index is -0.274. The molecule has 1 aromatic heterocycles. The summed E-state index contributed by atoms with van der Waals surface area (Å²) in [6, 6.07) is 6.34. The van der Waals surface area contributed by atoms with Crippen LogP contribution in [0.3, 0.4) is 0 Å². The van der Waals surface area contributed by atoms with Crippen LogP contribution in [0.1, 0.15) is 25.1 Å². The first-order valence-electron chi connectivity index (χ1n) is 6.64. The van der Waals surface area contributed by atoms with Gasteiger partial charge in [-0.1, -0.05) is 15.9 Å². The minimum absolute atomic E-state index is 0.0458. The zero-order valence-corrected chi connectivity index (χ0v) is 13.7. The molecule has 2 rings (SSSR count). The Morgan fingerprint density at radius 3 is 2.76 bits per heavy atom.